The lowest BCUT2D eigenvalue weighted by molar-refractivity contribution is -0.118. The van der Waals surface area contributed by atoms with Crippen LogP contribution in [-0.4, -0.2) is 46.8 Å². The van der Waals surface area contributed by atoms with E-state index in [4.69, 9.17) is 10.6 Å². The summed E-state index contributed by atoms with van der Waals surface area (Å²) in [5.41, 5.74) is 0. The molecule has 1 amide bonds. The molecule has 0 atom stereocenters. The molecule has 0 bridgehead atoms. The molecule has 0 fully saturated rings. The molecule has 1 rings (SSSR count). The van der Waals surface area contributed by atoms with Crippen molar-refractivity contribution < 1.29 is 9.53 Å². The molecule has 0 saturated heterocycles. The molecule has 0 unspecified atom stereocenters. The van der Waals surface area contributed by atoms with E-state index >= 15 is 0 Å². The normalized spacial score (nSPS) is 10.7. The maximum atomic E-state index is 11.6. The molecule has 3 N–H and O–H groups in total. The quantitative estimate of drug-likeness (QED) is 0.373. The number of nitrogens with zero attached hydrogens (tertiary/aromatic N) is 3. The van der Waals surface area contributed by atoms with Crippen molar-refractivity contribution in [2.24, 2.45) is 0 Å². The highest BCUT2D eigenvalue weighted by Crippen LogP contribution is 2.14. The van der Waals surface area contributed by atoms with E-state index in [-0.39, 0.29) is 11.7 Å². The maximum absolute atomic E-state index is 11.6. The average molecular weight is 301 g/mol. The van der Waals surface area contributed by atoms with Gasteiger partial charge in [-0.15, -0.1) is 10.2 Å². The summed E-state index contributed by atoms with van der Waals surface area (Å²) in [7, 11) is 1.64. The predicted molar refractivity (Wildman–Crippen MR) is 79.0 cm³/mol. The first-order valence-electron chi connectivity index (χ1n) is 6.76. The summed E-state index contributed by atoms with van der Waals surface area (Å²) in [4.78, 5) is 11.6. The molecular weight excluding hydrogens is 278 g/mol. The maximum Gasteiger partial charge on any atom is 0.230 e. The molecule has 20 heavy (non-hydrogen) atoms. The van der Waals surface area contributed by atoms with Gasteiger partial charge in [0.2, 0.25) is 11.1 Å². The average Bonchev–Trinajstić information content (AvgIpc) is 2.80. The minimum atomic E-state index is -0.0378. The van der Waals surface area contributed by atoms with Crippen molar-refractivity contribution in [3.05, 3.63) is 5.82 Å². The van der Waals surface area contributed by atoms with E-state index in [1.807, 2.05) is 0 Å². The summed E-state index contributed by atoms with van der Waals surface area (Å²) in [5.74, 6) is 6.90. The largest absolute Gasteiger partial charge is 0.385 e. The van der Waals surface area contributed by atoms with E-state index in [1.165, 1.54) is 16.4 Å². The van der Waals surface area contributed by atoms with E-state index in [1.54, 1.807) is 7.11 Å². The molecule has 0 aliphatic heterocycles. The monoisotopic (exact) mass is 301 g/mol. The Kier molecular flexibility index (Phi) is 8.05. The number of methoxy groups -OCH3 is 1. The molecule has 8 heteroatoms. The lowest BCUT2D eigenvalue weighted by atomic mass is 10.2. The van der Waals surface area contributed by atoms with E-state index in [9.17, 15) is 4.79 Å². The zero-order chi connectivity index (χ0) is 14.8. The summed E-state index contributed by atoms with van der Waals surface area (Å²) < 4.78 is 6.38. The van der Waals surface area contributed by atoms with Crippen LogP contribution in [0.2, 0.25) is 0 Å². The fourth-order valence-electron chi connectivity index (χ4n) is 1.54. The first-order valence-corrected chi connectivity index (χ1v) is 7.75. The van der Waals surface area contributed by atoms with Crippen molar-refractivity contribution in [2.45, 2.75) is 37.8 Å². The Morgan fingerprint density at radius 1 is 1.45 bits per heavy atom. The number of nitrogens with one attached hydrogen (secondary N) is 1. The van der Waals surface area contributed by atoms with Gasteiger partial charge < -0.3 is 15.9 Å². The highest BCUT2D eigenvalue weighted by molar-refractivity contribution is 7.99. The minimum Gasteiger partial charge on any atom is -0.385 e. The van der Waals surface area contributed by atoms with Crippen molar-refractivity contribution >= 4 is 17.7 Å². The number of hydrogen-bond acceptors (Lipinski definition) is 6. The van der Waals surface area contributed by atoms with E-state index in [0.29, 0.717) is 18.3 Å². The molecular formula is C12H23N5O2S. The van der Waals surface area contributed by atoms with Crippen LogP contribution in [0.4, 0.5) is 0 Å². The lowest BCUT2D eigenvalue weighted by Crippen LogP contribution is -2.27. The minimum absolute atomic E-state index is 0.0378. The van der Waals surface area contributed by atoms with Crippen molar-refractivity contribution in [1.82, 2.24) is 20.2 Å². The lowest BCUT2D eigenvalue weighted by Gasteiger charge is -2.05. The Balaban J connectivity index is 2.30. The molecule has 1 aromatic rings. The standard InChI is InChI=1S/C12H23N5O2S/c1-3-4-6-10-15-16-12(17(10)13)20-9-11(18)14-7-5-8-19-2/h3-9,13H2,1-2H3,(H,14,18). The number of nitrogens with two attached hydrogens (primary N) is 1. The smallest absolute Gasteiger partial charge is 0.230 e. The van der Waals surface area contributed by atoms with Crippen molar-refractivity contribution in [1.29, 1.82) is 0 Å². The molecule has 0 aliphatic rings. The number of unbranched alkanes of at least 4 members (excludes halogenated alkanes) is 1. The third-order valence-electron chi connectivity index (χ3n) is 2.67. The van der Waals surface area contributed by atoms with Crippen LogP contribution in [-0.2, 0) is 16.0 Å². The Morgan fingerprint density at radius 2 is 2.25 bits per heavy atom. The second-order valence-electron chi connectivity index (χ2n) is 4.36. The molecule has 7 nitrogen and oxygen atoms in total. The van der Waals surface area contributed by atoms with Gasteiger partial charge in [-0.2, -0.15) is 0 Å². The number of rotatable bonds is 10. The number of carbonyl (C=O) groups is 1. The van der Waals surface area contributed by atoms with Gasteiger partial charge in [-0.3, -0.25) is 4.79 Å². The number of hydrogen-bond donors (Lipinski definition) is 2. The number of nitrogen functional groups attached to an aromatic ring is 1. The van der Waals surface area contributed by atoms with Crippen molar-refractivity contribution in [2.75, 3.05) is 31.9 Å². The van der Waals surface area contributed by atoms with Crippen LogP contribution >= 0.6 is 11.8 Å². The van der Waals surface area contributed by atoms with Gasteiger partial charge >= 0.3 is 0 Å². The summed E-state index contributed by atoms with van der Waals surface area (Å²) in [6, 6.07) is 0. The highest BCUT2D eigenvalue weighted by Gasteiger charge is 2.11. The molecule has 0 radical (unpaired) electrons. The number of aromatic nitrogens is 3. The predicted octanol–water partition coefficient (Wildman–Crippen LogP) is 0.579. The van der Waals surface area contributed by atoms with Gasteiger partial charge in [0.15, 0.2) is 5.82 Å². The van der Waals surface area contributed by atoms with Crippen LogP contribution in [0.3, 0.4) is 0 Å². The Morgan fingerprint density at radius 3 is 2.95 bits per heavy atom. The van der Waals surface area contributed by atoms with Gasteiger partial charge in [-0.25, -0.2) is 4.68 Å². The van der Waals surface area contributed by atoms with Crippen molar-refractivity contribution in [3.63, 3.8) is 0 Å². The topological polar surface area (TPSA) is 95.1 Å². The molecule has 1 heterocycles. The van der Waals surface area contributed by atoms with Crippen LogP contribution in [0.25, 0.3) is 0 Å². The second-order valence-corrected chi connectivity index (χ2v) is 5.30. The van der Waals surface area contributed by atoms with Gasteiger partial charge in [0.05, 0.1) is 5.75 Å². The third kappa shape index (κ3) is 5.79. The van der Waals surface area contributed by atoms with Crippen molar-refractivity contribution in [3.8, 4) is 0 Å². The Hall–Kier alpha value is -1.28. The van der Waals surface area contributed by atoms with Gasteiger partial charge in [-0.1, -0.05) is 25.1 Å². The van der Waals surface area contributed by atoms with Crippen LogP contribution in [0.5, 0.6) is 0 Å². The van der Waals surface area contributed by atoms with Gasteiger partial charge in [0.1, 0.15) is 0 Å². The zero-order valence-corrected chi connectivity index (χ0v) is 12.9. The van der Waals surface area contributed by atoms with E-state index in [0.717, 1.165) is 31.5 Å². The molecule has 0 aliphatic carbocycles. The second kappa shape index (κ2) is 9.60. The number of carbonyl (C=O) groups excluding carboxylic acids is 1. The molecule has 0 saturated carbocycles. The number of aryl methyl sites for hydroxylation is 1. The third-order valence-corrected chi connectivity index (χ3v) is 3.61. The fraction of sp³-hybridized carbons (Fsp3) is 0.750. The summed E-state index contributed by atoms with van der Waals surface area (Å²) in [6.07, 6.45) is 3.73. The highest BCUT2D eigenvalue weighted by atomic mass is 32.2. The molecule has 1 aromatic heterocycles. The molecule has 0 aromatic carbocycles. The Labute approximate surface area is 123 Å². The fourth-order valence-corrected chi connectivity index (χ4v) is 2.24. The first-order chi connectivity index (χ1) is 9.69. The van der Waals surface area contributed by atoms with Crippen LogP contribution in [0.1, 0.15) is 32.0 Å². The van der Waals surface area contributed by atoms with Crippen LogP contribution < -0.4 is 11.2 Å². The van der Waals surface area contributed by atoms with Gasteiger partial charge in [0, 0.05) is 26.7 Å². The number of ether oxygens (including phenoxy) is 1. The molecule has 114 valence electrons. The summed E-state index contributed by atoms with van der Waals surface area (Å²) in [5, 5.41) is 11.4. The number of amides is 1. The van der Waals surface area contributed by atoms with Gasteiger partial charge in [-0.05, 0) is 12.8 Å². The summed E-state index contributed by atoms with van der Waals surface area (Å²) >= 11 is 1.29. The zero-order valence-electron chi connectivity index (χ0n) is 12.1. The van der Waals surface area contributed by atoms with Crippen LogP contribution in [0, 0.1) is 0 Å². The SMILES string of the molecule is CCCCc1nnc(SCC(=O)NCCCOC)n1N. The molecule has 0 spiro atoms. The first kappa shape index (κ1) is 16.8. The van der Waals surface area contributed by atoms with Crippen LogP contribution in [0.15, 0.2) is 5.16 Å². The summed E-state index contributed by atoms with van der Waals surface area (Å²) in [6.45, 7) is 3.37. The Bertz CT molecular complexity index is 411. The van der Waals surface area contributed by atoms with E-state index in [2.05, 4.69) is 22.4 Å². The number of thioether (sulfide) groups is 1. The van der Waals surface area contributed by atoms with E-state index < -0.39 is 0 Å². The van der Waals surface area contributed by atoms with Gasteiger partial charge in [0.25, 0.3) is 0 Å².